The molecule has 1 fully saturated rings. The molecule has 36 heavy (non-hydrogen) atoms. The maximum atomic E-state index is 14.2. The van der Waals surface area contributed by atoms with Crippen molar-refractivity contribution in [3.05, 3.63) is 74.3 Å². The molecule has 2 aromatic carbocycles. The number of rotatable bonds is 3. The number of nitriles is 1. The number of nitrogens with zero attached hydrogens (tertiary/aromatic N) is 6. The molecule has 4 N–H and O–H groups in total. The normalized spacial score (nSPS) is 15.4. The number of halogens is 3. The largest absolute Gasteiger partial charge is 0.382 e. The van der Waals surface area contributed by atoms with E-state index in [2.05, 4.69) is 9.97 Å². The van der Waals surface area contributed by atoms with Gasteiger partial charge < -0.3 is 16.4 Å². The van der Waals surface area contributed by atoms with Gasteiger partial charge in [0.05, 0.1) is 27.7 Å². The molecule has 5 rings (SSSR count). The van der Waals surface area contributed by atoms with Crippen LogP contribution in [0.5, 0.6) is 0 Å². The molecule has 1 saturated heterocycles. The van der Waals surface area contributed by atoms with Gasteiger partial charge in [0.15, 0.2) is 5.82 Å². The van der Waals surface area contributed by atoms with Gasteiger partial charge in [-0.15, -0.1) is 0 Å². The first-order chi connectivity index (χ1) is 17.2. The third-order valence-corrected chi connectivity index (χ3v) is 6.49. The van der Waals surface area contributed by atoms with Crippen molar-refractivity contribution in [1.29, 1.82) is 5.26 Å². The van der Waals surface area contributed by atoms with E-state index >= 15 is 0 Å². The fourth-order valence-electron chi connectivity index (χ4n) is 4.63. The van der Waals surface area contributed by atoms with Crippen LogP contribution in [0.1, 0.15) is 35.8 Å². The second-order valence-electron chi connectivity index (χ2n) is 8.45. The Labute approximate surface area is 208 Å². The molecule has 12 heteroatoms. The summed E-state index contributed by atoms with van der Waals surface area (Å²) < 4.78 is 29.7. The summed E-state index contributed by atoms with van der Waals surface area (Å²) in [6.45, 7) is 2.22. The van der Waals surface area contributed by atoms with Gasteiger partial charge in [-0.2, -0.15) is 15.2 Å². The van der Waals surface area contributed by atoms with Gasteiger partial charge in [0.25, 0.3) is 5.56 Å². The fourth-order valence-corrected chi connectivity index (χ4v) is 4.86. The Morgan fingerprint density at radius 1 is 1.14 bits per heavy atom. The lowest BCUT2D eigenvalue weighted by molar-refractivity contribution is 0.577. The maximum absolute atomic E-state index is 14.2. The van der Waals surface area contributed by atoms with Crippen molar-refractivity contribution in [2.45, 2.75) is 25.8 Å². The number of fused-ring (bicyclic) bond motifs is 1. The van der Waals surface area contributed by atoms with Crippen LogP contribution in [0.15, 0.2) is 35.1 Å². The lowest BCUT2D eigenvalue weighted by Gasteiger charge is -2.28. The standard InChI is InChI=1S/C24H19ClF2N8O/c1-11-4-5-16(25)18-19(11)31-22(35(23(18)36)14-8-12(26)7-13(27)9-14)17-3-2-6-34(17)21-15(10-28)20(29)32-24(30)33-21/h4-5,7-9,17H,2-3,6H2,1H3,(H4,29,30,32,33)/t17-/m0/s1. The zero-order valence-electron chi connectivity index (χ0n) is 19.0. The minimum atomic E-state index is -0.857. The van der Waals surface area contributed by atoms with Crippen molar-refractivity contribution in [1.82, 2.24) is 19.5 Å². The highest BCUT2D eigenvalue weighted by molar-refractivity contribution is 6.35. The van der Waals surface area contributed by atoms with Crippen LogP contribution in [0.25, 0.3) is 16.6 Å². The number of nitrogens with two attached hydrogens (primary N) is 2. The van der Waals surface area contributed by atoms with Gasteiger partial charge in [-0.25, -0.2) is 13.8 Å². The van der Waals surface area contributed by atoms with Gasteiger partial charge in [0.1, 0.15) is 34.9 Å². The topological polar surface area (TPSA) is 140 Å². The summed E-state index contributed by atoms with van der Waals surface area (Å²) in [4.78, 5) is 28.5. The summed E-state index contributed by atoms with van der Waals surface area (Å²) in [7, 11) is 0. The molecule has 0 radical (unpaired) electrons. The van der Waals surface area contributed by atoms with E-state index in [1.165, 1.54) is 0 Å². The van der Waals surface area contributed by atoms with E-state index in [9.17, 15) is 18.8 Å². The molecule has 0 bridgehead atoms. The van der Waals surface area contributed by atoms with E-state index in [1.807, 2.05) is 6.07 Å². The van der Waals surface area contributed by atoms with Crippen LogP contribution in [0.2, 0.25) is 5.02 Å². The number of hydrogen-bond acceptors (Lipinski definition) is 8. The van der Waals surface area contributed by atoms with Crippen LogP contribution < -0.4 is 21.9 Å². The minimum absolute atomic E-state index is 0.0295. The van der Waals surface area contributed by atoms with Crippen LogP contribution in [0.3, 0.4) is 0 Å². The summed E-state index contributed by atoms with van der Waals surface area (Å²) in [6, 6.07) is 7.52. The first kappa shape index (κ1) is 23.4. The van der Waals surface area contributed by atoms with E-state index in [-0.39, 0.29) is 45.1 Å². The first-order valence-corrected chi connectivity index (χ1v) is 11.4. The number of aromatic nitrogens is 4. The molecule has 0 spiro atoms. The first-order valence-electron chi connectivity index (χ1n) is 11.0. The molecule has 0 unspecified atom stereocenters. The third kappa shape index (κ3) is 3.76. The van der Waals surface area contributed by atoms with E-state index < -0.39 is 23.2 Å². The molecule has 0 saturated carbocycles. The van der Waals surface area contributed by atoms with Crippen molar-refractivity contribution < 1.29 is 8.78 Å². The van der Waals surface area contributed by atoms with Gasteiger partial charge >= 0.3 is 0 Å². The summed E-state index contributed by atoms with van der Waals surface area (Å²) in [6.07, 6.45) is 1.16. The molecule has 2 aromatic heterocycles. The van der Waals surface area contributed by atoms with Crippen LogP contribution in [-0.2, 0) is 0 Å². The number of nitrogen functional groups attached to an aromatic ring is 2. The Morgan fingerprint density at radius 2 is 1.86 bits per heavy atom. The summed E-state index contributed by atoms with van der Waals surface area (Å²) >= 11 is 6.37. The molecule has 4 aromatic rings. The number of aryl methyl sites for hydroxylation is 1. The Hall–Kier alpha value is -4.30. The highest BCUT2D eigenvalue weighted by Crippen LogP contribution is 2.38. The number of hydrogen-bond donors (Lipinski definition) is 2. The van der Waals surface area contributed by atoms with Crippen molar-refractivity contribution in [2.24, 2.45) is 0 Å². The zero-order chi connectivity index (χ0) is 25.7. The molecule has 1 aliphatic heterocycles. The molecule has 9 nitrogen and oxygen atoms in total. The van der Waals surface area contributed by atoms with Gasteiger partial charge in [0.2, 0.25) is 5.95 Å². The second kappa shape index (κ2) is 8.73. The van der Waals surface area contributed by atoms with E-state index in [0.29, 0.717) is 36.5 Å². The SMILES string of the molecule is Cc1ccc(Cl)c2c(=O)n(-c3cc(F)cc(F)c3)c([C@@H]3CCCN3c3nc(N)nc(N)c3C#N)nc12. The monoisotopic (exact) mass is 508 g/mol. The molecular formula is C24H19ClF2N8O. The third-order valence-electron chi connectivity index (χ3n) is 6.18. The minimum Gasteiger partial charge on any atom is -0.382 e. The molecule has 0 aliphatic carbocycles. The average molecular weight is 509 g/mol. The van der Waals surface area contributed by atoms with Crippen molar-refractivity contribution in [3.8, 4) is 11.8 Å². The molecule has 1 aliphatic rings. The highest BCUT2D eigenvalue weighted by Gasteiger charge is 2.34. The number of anilines is 3. The van der Waals surface area contributed by atoms with Crippen LogP contribution >= 0.6 is 11.6 Å². The summed E-state index contributed by atoms with van der Waals surface area (Å²) in [5, 5.41) is 10.00. The smallest absolute Gasteiger partial charge is 0.267 e. The summed E-state index contributed by atoms with van der Waals surface area (Å²) in [5.74, 6) is -1.51. The highest BCUT2D eigenvalue weighted by atomic mass is 35.5. The predicted molar refractivity (Wildman–Crippen MR) is 132 cm³/mol. The van der Waals surface area contributed by atoms with Crippen molar-refractivity contribution >= 4 is 40.1 Å². The molecular weight excluding hydrogens is 490 g/mol. The zero-order valence-corrected chi connectivity index (χ0v) is 19.7. The lowest BCUT2D eigenvalue weighted by atomic mass is 10.1. The Morgan fingerprint density at radius 3 is 2.56 bits per heavy atom. The van der Waals surface area contributed by atoms with Gasteiger partial charge in [0, 0.05) is 12.6 Å². The number of benzene rings is 2. The van der Waals surface area contributed by atoms with E-state index in [4.69, 9.17) is 28.1 Å². The van der Waals surface area contributed by atoms with Gasteiger partial charge in [-0.05, 0) is 43.5 Å². The fraction of sp³-hybridized carbons (Fsp3) is 0.208. The molecule has 1 atom stereocenters. The van der Waals surface area contributed by atoms with Crippen LogP contribution in [0, 0.1) is 29.9 Å². The predicted octanol–water partition coefficient (Wildman–Crippen LogP) is 3.79. The Bertz CT molecular complexity index is 1630. The lowest BCUT2D eigenvalue weighted by Crippen LogP contribution is -2.33. The second-order valence-corrected chi connectivity index (χ2v) is 8.86. The van der Waals surface area contributed by atoms with Gasteiger partial charge in [-0.1, -0.05) is 17.7 Å². The molecule has 182 valence electrons. The van der Waals surface area contributed by atoms with Gasteiger partial charge in [-0.3, -0.25) is 9.36 Å². The van der Waals surface area contributed by atoms with Crippen LogP contribution in [0.4, 0.5) is 26.4 Å². The summed E-state index contributed by atoms with van der Waals surface area (Å²) in [5.41, 5.74) is 12.2. The van der Waals surface area contributed by atoms with E-state index in [1.54, 1.807) is 24.0 Å². The van der Waals surface area contributed by atoms with E-state index in [0.717, 1.165) is 16.7 Å². The Kier molecular flexibility index (Phi) is 5.68. The Balaban J connectivity index is 1.84. The quantitative estimate of drug-likeness (QED) is 0.426. The molecule has 3 heterocycles. The average Bonchev–Trinajstić information content (AvgIpc) is 3.29. The van der Waals surface area contributed by atoms with Crippen molar-refractivity contribution in [2.75, 3.05) is 22.9 Å². The molecule has 0 amide bonds. The van der Waals surface area contributed by atoms with Crippen molar-refractivity contribution in [3.63, 3.8) is 0 Å². The van der Waals surface area contributed by atoms with Crippen LogP contribution in [-0.4, -0.2) is 26.1 Å². The maximum Gasteiger partial charge on any atom is 0.267 e.